The first kappa shape index (κ1) is 12.1. The summed E-state index contributed by atoms with van der Waals surface area (Å²) in [7, 11) is 0. The quantitative estimate of drug-likeness (QED) is 0.821. The Kier molecular flexibility index (Phi) is 3.76. The van der Waals surface area contributed by atoms with Gasteiger partial charge in [-0.25, -0.2) is 0 Å². The Labute approximate surface area is 101 Å². The fourth-order valence-corrected chi connectivity index (χ4v) is 1.75. The van der Waals surface area contributed by atoms with Crippen molar-refractivity contribution in [3.63, 3.8) is 0 Å². The Balaban J connectivity index is 2.00. The van der Waals surface area contributed by atoms with Crippen LogP contribution in [0.5, 0.6) is 0 Å². The average Bonchev–Trinajstić information content (AvgIpc) is 2.82. The van der Waals surface area contributed by atoms with E-state index in [4.69, 9.17) is 9.84 Å². The molecule has 92 valence electrons. The van der Waals surface area contributed by atoms with Gasteiger partial charge in [0.2, 0.25) is 0 Å². The molecule has 0 fully saturated rings. The molecule has 1 aromatic carbocycles. The number of aliphatic hydroxyl groups excluding tert-OH is 1. The Hall–Kier alpha value is -1.39. The van der Waals surface area contributed by atoms with E-state index in [1.165, 1.54) is 0 Å². The zero-order valence-corrected chi connectivity index (χ0v) is 9.90. The van der Waals surface area contributed by atoms with Crippen LogP contribution in [0.15, 0.2) is 18.2 Å². The van der Waals surface area contributed by atoms with Crippen LogP contribution in [0.25, 0.3) is 0 Å². The maximum atomic E-state index is 11.8. The highest BCUT2D eigenvalue weighted by Gasteiger charge is 2.14. The summed E-state index contributed by atoms with van der Waals surface area (Å²) in [6, 6.07) is 5.63. The second-order valence-corrected chi connectivity index (χ2v) is 4.47. The highest BCUT2D eigenvalue weighted by molar-refractivity contribution is 5.94. The van der Waals surface area contributed by atoms with Crippen LogP contribution in [-0.4, -0.2) is 24.2 Å². The fourth-order valence-electron chi connectivity index (χ4n) is 1.75. The summed E-state index contributed by atoms with van der Waals surface area (Å²) in [6.07, 6.45) is 0. The minimum absolute atomic E-state index is 0.0803. The first-order valence-electron chi connectivity index (χ1n) is 5.79. The zero-order chi connectivity index (χ0) is 12.3. The van der Waals surface area contributed by atoms with Crippen molar-refractivity contribution >= 4 is 5.91 Å². The monoisotopic (exact) mass is 235 g/mol. The first-order chi connectivity index (χ1) is 8.20. The number of rotatable bonds is 4. The highest BCUT2D eigenvalue weighted by Crippen LogP contribution is 2.20. The summed E-state index contributed by atoms with van der Waals surface area (Å²) in [4.78, 5) is 11.8. The molecule has 1 unspecified atom stereocenters. The minimum Gasteiger partial charge on any atom is -0.396 e. The molecule has 2 rings (SSSR count). The fraction of sp³-hybridized carbons (Fsp3) is 0.462. The molecule has 1 aliphatic heterocycles. The van der Waals surface area contributed by atoms with Crippen molar-refractivity contribution in [3.8, 4) is 0 Å². The van der Waals surface area contributed by atoms with Crippen LogP contribution in [-0.2, 0) is 18.0 Å². The number of amides is 1. The third kappa shape index (κ3) is 2.84. The van der Waals surface area contributed by atoms with Gasteiger partial charge in [0.25, 0.3) is 5.91 Å². The smallest absolute Gasteiger partial charge is 0.251 e. The van der Waals surface area contributed by atoms with E-state index in [2.05, 4.69) is 5.32 Å². The van der Waals surface area contributed by atoms with Crippen molar-refractivity contribution in [2.24, 2.45) is 5.92 Å². The van der Waals surface area contributed by atoms with Crippen LogP contribution in [0.2, 0.25) is 0 Å². The lowest BCUT2D eigenvalue weighted by Gasteiger charge is -2.10. The van der Waals surface area contributed by atoms with Crippen molar-refractivity contribution < 1.29 is 14.6 Å². The average molecular weight is 235 g/mol. The molecular weight excluding hydrogens is 218 g/mol. The van der Waals surface area contributed by atoms with Gasteiger partial charge in [-0.3, -0.25) is 4.79 Å². The van der Waals surface area contributed by atoms with Gasteiger partial charge >= 0.3 is 0 Å². The summed E-state index contributed by atoms with van der Waals surface area (Å²) in [5.41, 5.74) is 2.90. The molecule has 0 saturated heterocycles. The summed E-state index contributed by atoms with van der Waals surface area (Å²) >= 11 is 0. The second-order valence-electron chi connectivity index (χ2n) is 4.47. The Bertz CT molecular complexity index is 417. The van der Waals surface area contributed by atoms with E-state index in [9.17, 15) is 4.79 Å². The van der Waals surface area contributed by atoms with Gasteiger partial charge in [-0.15, -0.1) is 0 Å². The van der Waals surface area contributed by atoms with Crippen molar-refractivity contribution in [2.45, 2.75) is 20.1 Å². The molecule has 0 saturated carbocycles. The summed E-state index contributed by atoms with van der Waals surface area (Å²) < 4.78 is 5.30. The lowest BCUT2D eigenvalue weighted by molar-refractivity contribution is 0.0942. The molecule has 1 aliphatic rings. The number of aliphatic hydroxyl groups is 1. The van der Waals surface area contributed by atoms with Crippen molar-refractivity contribution in [2.75, 3.05) is 13.2 Å². The maximum absolute atomic E-state index is 11.8. The minimum atomic E-state index is -0.0972. The standard InChI is InChI=1S/C13H17NO3/c1-9(6-15)5-14-13(16)10-2-3-11-7-17-8-12(11)4-10/h2-4,9,15H,5-8H2,1H3,(H,14,16). The van der Waals surface area contributed by atoms with E-state index in [0.29, 0.717) is 25.3 Å². The normalized spacial score (nSPS) is 15.4. The van der Waals surface area contributed by atoms with E-state index < -0.39 is 0 Å². The van der Waals surface area contributed by atoms with E-state index in [0.717, 1.165) is 11.1 Å². The molecule has 4 nitrogen and oxygen atoms in total. The van der Waals surface area contributed by atoms with Crippen molar-refractivity contribution in [3.05, 3.63) is 34.9 Å². The first-order valence-corrected chi connectivity index (χ1v) is 5.79. The molecule has 1 amide bonds. The molecule has 0 aromatic heterocycles. The predicted molar refractivity (Wildman–Crippen MR) is 63.5 cm³/mol. The van der Waals surface area contributed by atoms with Crippen molar-refractivity contribution in [1.82, 2.24) is 5.32 Å². The van der Waals surface area contributed by atoms with E-state index in [1.54, 1.807) is 0 Å². The predicted octanol–water partition coefficient (Wildman–Crippen LogP) is 1.08. The number of hydrogen-bond acceptors (Lipinski definition) is 3. The lowest BCUT2D eigenvalue weighted by Crippen LogP contribution is -2.29. The molecule has 0 spiro atoms. The number of hydrogen-bond donors (Lipinski definition) is 2. The van der Waals surface area contributed by atoms with Gasteiger partial charge in [-0.05, 0) is 29.2 Å². The largest absolute Gasteiger partial charge is 0.396 e. The van der Waals surface area contributed by atoms with E-state index in [-0.39, 0.29) is 18.4 Å². The number of carbonyl (C=O) groups is 1. The zero-order valence-electron chi connectivity index (χ0n) is 9.90. The number of ether oxygens (including phenoxy) is 1. The van der Waals surface area contributed by atoms with Crippen molar-refractivity contribution in [1.29, 1.82) is 0 Å². The van der Waals surface area contributed by atoms with Gasteiger partial charge in [0.1, 0.15) is 0 Å². The molecule has 4 heteroatoms. The Morgan fingerprint density at radius 2 is 2.24 bits per heavy atom. The second kappa shape index (κ2) is 5.29. The number of fused-ring (bicyclic) bond motifs is 1. The van der Waals surface area contributed by atoms with Gasteiger partial charge in [0.15, 0.2) is 0 Å². The highest BCUT2D eigenvalue weighted by atomic mass is 16.5. The van der Waals surface area contributed by atoms with Crippen LogP contribution in [0.4, 0.5) is 0 Å². The van der Waals surface area contributed by atoms with Gasteiger partial charge in [-0.1, -0.05) is 13.0 Å². The summed E-state index contributed by atoms with van der Waals surface area (Å²) in [5.74, 6) is -0.0169. The molecule has 17 heavy (non-hydrogen) atoms. The topological polar surface area (TPSA) is 58.6 Å². The molecule has 2 N–H and O–H groups in total. The third-order valence-corrected chi connectivity index (χ3v) is 2.91. The molecule has 1 atom stereocenters. The lowest BCUT2D eigenvalue weighted by atomic mass is 10.1. The van der Waals surface area contributed by atoms with Gasteiger partial charge < -0.3 is 15.2 Å². The van der Waals surface area contributed by atoms with Gasteiger partial charge in [-0.2, -0.15) is 0 Å². The third-order valence-electron chi connectivity index (χ3n) is 2.91. The van der Waals surface area contributed by atoms with E-state index in [1.807, 2.05) is 25.1 Å². The van der Waals surface area contributed by atoms with Crippen LogP contribution < -0.4 is 5.32 Å². The molecule has 0 bridgehead atoms. The van der Waals surface area contributed by atoms with Gasteiger partial charge in [0, 0.05) is 18.7 Å². The summed E-state index contributed by atoms with van der Waals surface area (Å²) in [5, 5.41) is 11.7. The van der Waals surface area contributed by atoms with Crippen LogP contribution in [0, 0.1) is 5.92 Å². The molecular formula is C13H17NO3. The molecule has 0 aliphatic carbocycles. The SMILES string of the molecule is CC(CO)CNC(=O)c1ccc2c(c1)COC2. The van der Waals surface area contributed by atoms with Crippen LogP contribution in [0.3, 0.4) is 0 Å². The van der Waals surface area contributed by atoms with Crippen LogP contribution >= 0.6 is 0 Å². The summed E-state index contributed by atoms with van der Waals surface area (Å²) in [6.45, 7) is 3.68. The number of benzene rings is 1. The maximum Gasteiger partial charge on any atom is 0.251 e. The Morgan fingerprint density at radius 3 is 3.00 bits per heavy atom. The van der Waals surface area contributed by atoms with Crippen LogP contribution in [0.1, 0.15) is 28.4 Å². The molecule has 1 aromatic rings. The number of carbonyl (C=O) groups excluding carboxylic acids is 1. The Morgan fingerprint density at radius 1 is 1.47 bits per heavy atom. The van der Waals surface area contributed by atoms with Gasteiger partial charge in [0.05, 0.1) is 13.2 Å². The number of nitrogens with one attached hydrogen (secondary N) is 1. The molecule has 1 heterocycles. The van der Waals surface area contributed by atoms with E-state index >= 15 is 0 Å². The molecule has 0 radical (unpaired) electrons.